The maximum Gasteiger partial charge on any atom is 0.222 e. The molecule has 0 heterocycles. The molecule has 0 aromatic heterocycles. The van der Waals surface area contributed by atoms with Gasteiger partial charge in [0, 0.05) is 19.0 Å². The van der Waals surface area contributed by atoms with E-state index in [1.54, 1.807) is 0 Å². The van der Waals surface area contributed by atoms with Gasteiger partial charge in [0.05, 0.1) is 6.61 Å². The van der Waals surface area contributed by atoms with Crippen LogP contribution in [-0.4, -0.2) is 41.7 Å². The predicted molar refractivity (Wildman–Crippen MR) is 79.9 cm³/mol. The maximum atomic E-state index is 12.3. The van der Waals surface area contributed by atoms with Crippen LogP contribution in [0, 0.1) is 5.41 Å². The van der Waals surface area contributed by atoms with Crippen molar-refractivity contribution in [2.45, 2.75) is 65.8 Å². The summed E-state index contributed by atoms with van der Waals surface area (Å²) < 4.78 is 0. The molecule has 0 fully saturated rings. The third kappa shape index (κ3) is 6.92. The summed E-state index contributed by atoms with van der Waals surface area (Å²) in [5.74, 6) is 0.160. The Labute approximate surface area is 118 Å². The molecule has 0 saturated carbocycles. The van der Waals surface area contributed by atoms with Crippen molar-refractivity contribution in [3.63, 3.8) is 0 Å². The van der Waals surface area contributed by atoms with E-state index in [1.165, 1.54) is 0 Å². The standard InChI is InChI=1S/C15H32N2O2/c1-5-13(6-2)17(11-12-18)14(19)7-8-15(3,4)9-10-16/h13,18H,5-12,16H2,1-4H3. The van der Waals surface area contributed by atoms with Crippen LogP contribution in [0.1, 0.15) is 59.8 Å². The molecule has 0 unspecified atom stereocenters. The van der Waals surface area contributed by atoms with E-state index in [0.717, 1.165) is 25.7 Å². The van der Waals surface area contributed by atoms with E-state index in [-0.39, 0.29) is 24.0 Å². The molecule has 0 aromatic rings. The molecule has 0 radical (unpaired) electrons. The molecule has 0 rings (SSSR count). The Morgan fingerprint density at radius 2 is 1.84 bits per heavy atom. The Bertz CT molecular complexity index is 251. The lowest BCUT2D eigenvalue weighted by Crippen LogP contribution is -2.41. The first-order valence-electron chi connectivity index (χ1n) is 7.52. The van der Waals surface area contributed by atoms with Gasteiger partial charge in [0.2, 0.25) is 5.91 Å². The summed E-state index contributed by atoms with van der Waals surface area (Å²) in [6, 6.07) is 0.247. The SMILES string of the molecule is CCC(CC)N(CCO)C(=O)CCC(C)(C)CCN. The molecule has 19 heavy (non-hydrogen) atoms. The van der Waals surface area contributed by atoms with Crippen LogP contribution in [-0.2, 0) is 4.79 Å². The van der Waals surface area contributed by atoms with Gasteiger partial charge < -0.3 is 15.7 Å². The number of nitrogens with zero attached hydrogens (tertiary/aromatic N) is 1. The highest BCUT2D eigenvalue weighted by Gasteiger charge is 2.23. The van der Waals surface area contributed by atoms with E-state index in [0.29, 0.717) is 19.5 Å². The summed E-state index contributed by atoms with van der Waals surface area (Å²) in [4.78, 5) is 14.2. The van der Waals surface area contributed by atoms with Gasteiger partial charge in [0.15, 0.2) is 0 Å². The average molecular weight is 272 g/mol. The van der Waals surface area contributed by atoms with E-state index in [2.05, 4.69) is 27.7 Å². The minimum atomic E-state index is 0.0361. The summed E-state index contributed by atoms with van der Waals surface area (Å²) in [6.45, 7) is 9.63. The van der Waals surface area contributed by atoms with Crippen LogP contribution < -0.4 is 5.73 Å². The minimum absolute atomic E-state index is 0.0361. The number of nitrogens with two attached hydrogens (primary N) is 1. The zero-order chi connectivity index (χ0) is 14.9. The smallest absolute Gasteiger partial charge is 0.222 e. The van der Waals surface area contributed by atoms with Gasteiger partial charge >= 0.3 is 0 Å². The van der Waals surface area contributed by atoms with Crippen molar-refractivity contribution in [3.05, 3.63) is 0 Å². The Balaban J connectivity index is 4.48. The maximum absolute atomic E-state index is 12.3. The Morgan fingerprint density at radius 1 is 1.26 bits per heavy atom. The number of rotatable bonds is 10. The molecule has 3 N–H and O–H groups in total. The molecule has 0 bridgehead atoms. The van der Waals surface area contributed by atoms with Gasteiger partial charge in [-0.15, -0.1) is 0 Å². The first-order chi connectivity index (χ1) is 8.91. The van der Waals surface area contributed by atoms with Gasteiger partial charge in [0.1, 0.15) is 0 Å². The molecular weight excluding hydrogens is 240 g/mol. The second-order valence-corrected chi connectivity index (χ2v) is 5.98. The first-order valence-corrected chi connectivity index (χ1v) is 7.52. The summed E-state index contributed by atoms with van der Waals surface area (Å²) >= 11 is 0. The number of hydrogen-bond donors (Lipinski definition) is 2. The number of carbonyl (C=O) groups is 1. The summed E-state index contributed by atoms with van der Waals surface area (Å²) in [5.41, 5.74) is 5.71. The molecule has 0 aliphatic heterocycles. The molecule has 0 atom stereocenters. The number of aliphatic hydroxyl groups is 1. The van der Waals surface area contributed by atoms with Crippen LogP contribution in [0.4, 0.5) is 0 Å². The molecule has 0 saturated heterocycles. The van der Waals surface area contributed by atoms with Crippen LogP contribution in [0.2, 0.25) is 0 Å². The fraction of sp³-hybridized carbons (Fsp3) is 0.933. The van der Waals surface area contributed by atoms with Crippen LogP contribution in [0.5, 0.6) is 0 Å². The third-order valence-electron chi connectivity index (χ3n) is 3.88. The van der Waals surface area contributed by atoms with E-state index in [9.17, 15) is 4.79 Å². The molecule has 114 valence electrons. The van der Waals surface area contributed by atoms with Crippen molar-refractivity contribution in [2.75, 3.05) is 19.7 Å². The summed E-state index contributed by atoms with van der Waals surface area (Å²) in [6.07, 6.45) is 4.21. The van der Waals surface area contributed by atoms with E-state index >= 15 is 0 Å². The fourth-order valence-electron chi connectivity index (χ4n) is 2.45. The Kier molecular flexibility index (Phi) is 9.02. The fourth-order valence-corrected chi connectivity index (χ4v) is 2.45. The van der Waals surface area contributed by atoms with Gasteiger partial charge in [-0.05, 0) is 37.6 Å². The molecule has 4 heteroatoms. The van der Waals surface area contributed by atoms with Gasteiger partial charge in [-0.2, -0.15) is 0 Å². The molecule has 4 nitrogen and oxygen atoms in total. The van der Waals surface area contributed by atoms with Crippen molar-refractivity contribution < 1.29 is 9.90 Å². The van der Waals surface area contributed by atoms with Crippen molar-refractivity contribution in [1.82, 2.24) is 4.90 Å². The zero-order valence-electron chi connectivity index (χ0n) is 13.1. The highest BCUT2D eigenvalue weighted by Crippen LogP contribution is 2.26. The molecule has 0 aliphatic rings. The van der Waals surface area contributed by atoms with E-state index < -0.39 is 0 Å². The first kappa shape index (κ1) is 18.4. The second-order valence-electron chi connectivity index (χ2n) is 5.98. The highest BCUT2D eigenvalue weighted by molar-refractivity contribution is 5.76. The molecular formula is C15H32N2O2. The van der Waals surface area contributed by atoms with Gasteiger partial charge in [-0.1, -0.05) is 27.7 Å². The van der Waals surface area contributed by atoms with Crippen molar-refractivity contribution in [1.29, 1.82) is 0 Å². The van der Waals surface area contributed by atoms with Gasteiger partial charge in [-0.25, -0.2) is 0 Å². The predicted octanol–water partition coefficient (Wildman–Crippen LogP) is 2.15. The third-order valence-corrected chi connectivity index (χ3v) is 3.88. The lowest BCUT2D eigenvalue weighted by Gasteiger charge is -2.31. The van der Waals surface area contributed by atoms with Crippen molar-refractivity contribution in [2.24, 2.45) is 11.1 Å². The minimum Gasteiger partial charge on any atom is -0.395 e. The van der Waals surface area contributed by atoms with Gasteiger partial charge in [-0.3, -0.25) is 4.79 Å². The normalized spacial score (nSPS) is 11.9. The lowest BCUT2D eigenvalue weighted by molar-refractivity contribution is -0.135. The number of hydrogen-bond acceptors (Lipinski definition) is 3. The molecule has 0 aromatic carbocycles. The van der Waals surface area contributed by atoms with Gasteiger partial charge in [0.25, 0.3) is 0 Å². The zero-order valence-corrected chi connectivity index (χ0v) is 13.1. The van der Waals surface area contributed by atoms with Crippen molar-refractivity contribution in [3.8, 4) is 0 Å². The van der Waals surface area contributed by atoms with Crippen LogP contribution in [0.15, 0.2) is 0 Å². The quantitative estimate of drug-likeness (QED) is 0.640. The lowest BCUT2D eigenvalue weighted by atomic mass is 9.84. The van der Waals surface area contributed by atoms with Crippen LogP contribution in [0.25, 0.3) is 0 Å². The molecule has 0 spiro atoms. The average Bonchev–Trinajstić information content (AvgIpc) is 2.36. The summed E-state index contributed by atoms with van der Waals surface area (Å²) in [5, 5.41) is 9.13. The van der Waals surface area contributed by atoms with Crippen molar-refractivity contribution >= 4 is 5.91 Å². The Hall–Kier alpha value is -0.610. The topological polar surface area (TPSA) is 66.6 Å². The van der Waals surface area contributed by atoms with Crippen LogP contribution >= 0.6 is 0 Å². The Morgan fingerprint density at radius 3 is 2.26 bits per heavy atom. The summed E-state index contributed by atoms with van der Waals surface area (Å²) in [7, 11) is 0. The molecule has 0 aliphatic carbocycles. The van der Waals surface area contributed by atoms with Crippen LogP contribution in [0.3, 0.4) is 0 Å². The number of aliphatic hydroxyl groups excluding tert-OH is 1. The number of amides is 1. The largest absolute Gasteiger partial charge is 0.395 e. The highest BCUT2D eigenvalue weighted by atomic mass is 16.3. The second kappa shape index (κ2) is 9.32. The monoisotopic (exact) mass is 272 g/mol. The van der Waals surface area contributed by atoms with E-state index in [1.807, 2.05) is 4.90 Å². The molecule has 1 amide bonds. The van der Waals surface area contributed by atoms with E-state index in [4.69, 9.17) is 10.8 Å². The number of carbonyl (C=O) groups excluding carboxylic acids is 1.